The van der Waals surface area contributed by atoms with Crippen LogP contribution >= 0.6 is 0 Å². The van der Waals surface area contributed by atoms with Crippen molar-refractivity contribution >= 4 is 5.65 Å². The molecule has 2 aromatic heterocycles. The van der Waals surface area contributed by atoms with E-state index in [1.54, 1.807) is 4.52 Å². The molecule has 0 radical (unpaired) electrons. The van der Waals surface area contributed by atoms with Gasteiger partial charge in [-0.1, -0.05) is 6.07 Å². The van der Waals surface area contributed by atoms with Crippen LogP contribution in [0.2, 0.25) is 0 Å². The Kier molecular flexibility index (Phi) is 1.44. The van der Waals surface area contributed by atoms with Crippen LogP contribution in [0.5, 0.6) is 0 Å². The van der Waals surface area contributed by atoms with E-state index in [1.807, 2.05) is 25.1 Å². The van der Waals surface area contributed by atoms with E-state index < -0.39 is 5.41 Å². The number of hydrogen-bond donors (Lipinski definition) is 0. The summed E-state index contributed by atoms with van der Waals surface area (Å²) >= 11 is 0. The minimum atomic E-state index is -0.390. The summed E-state index contributed by atoms with van der Waals surface area (Å²) in [5.41, 5.74) is 1.48. The van der Waals surface area contributed by atoms with Gasteiger partial charge in [0.15, 0.2) is 11.5 Å². The van der Waals surface area contributed by atoms with E-state index in [9.17, 15) is 0 Å². The van der Waals surface area contributed by atoms with Gasteiger partial charge in [0.2, 0.25) is 0 Å². The fourth-order valence-corrected chi connectivity index (χ4v) is 1.75. The van der Waals surface area contributed by atoms with Crippen molar-refractivity contribution in [2.45, 2.75) is 25.2 Å². The summed E-state index contributed by atoms with van der Waals surface area (Å²) in [6.45, 7) is 1.98. The van der Waals surface area contributed by atoms with E-state index in [0.29, 0.717) is 5.82 Å². The van der Waals surface area contributed by atoms with E-state index in [4.69, 9.17) is 5.26 Å². The molecule has 0 saturated heterocycles. The molecule has 15 heavy (non-hydrogen) atoms. The van der Waals surface area contributed by atoms with Crippen LogP contribution in [-0.4, -0.2) is 14.6 Å². The van der Waals surface area contributed by atoms with E-state index >= 15 is 0 Å². The Bertz CT molecular complexity index is 572. The molecule has 0 amide bonds. The van der Waals surface area contributed by atoms with Crippen LogP contribution in [-0.2, 0) is 5.41 Å². The lowest BCUT2D eigenvalue weighted by Crippen LogP contribution is -2.05. The zero-order valence-electron chi connectivity index (χ0n) is 8.44. The lowest BCUT2D eigenvalue weighted by Gasteiger charge is -1.96. The first-order valence-electron chi connectivity index (χ1n) is 4.99. The summed E-state index contributed by atoms with van der Waals surface area (Å²) in [7, 11) is 0. The number of rotatable bonds is 1. The first-order chi connectivity index (χ1) is 7.25. The third kappa shape index (κ3) is 1.06. The minimum absolute atomic E-state index is 0.390. The van der Waals surface area contributed by atoms with Crippen LogP contribution in [0.1, 0.15) is 24.4 Å². The second kappa shape index (κ2) is 2.57. The fraction of sp³-hybridized carbons (Fsp3) is 0.364. The smallest absolute Gasteiger partial charge is 0.171 e. The van der Waals surface area contributed by atoms with E-state index in [2.05, 4.69) is 16.2 Å². The predicted molar refractivity (Wildman–Crippen MR) is 54.2 cm³/mol. The number of nitrogens with zero attached hydrogens (tertiary/aromatic N) is 4. The topological polar surface area (TPSA) is 54.0 Å². The quantitative estimate of drug-likeness (QED) is 0.699. The lowest BCUT2D eigenvalue weighted by molar-refractivity contribution is 0.776. The Morgan fingerprint density at radius 2 is 2.27 bits per heavy atom. The molecule has 0 aliphatic heterocycles. The highest BCUT2D eigenvalue weighted by molar-refractivity contribution is 5.42. The van der Waals surface area contributed by atoms with Gasteiger partial charge in [-0.25, -0.2) is 9.50 Å². The zero-order valence-corrected chi connectivity index (χ0v) is 8.44. The molecule has 1 saturated carbocycles. The number of nitriles is 1. The Labute approximate surface area is 87.2 Å². The first kappa shape index (κ1) is 8.42. The molecule has 0 atom stereocenters. The molecule has 4 heteroatoms. The Balaban J connectivity index is 2.24. The molecule has 0 aromatic carbocycles. The summed E-state index contributed by atoms with van der Waals surface area (Å²) in [6.07, 6.45) is 1.78. The highest BCUT2D eigenvalue weighted by atomic mass is 15.3. The van der Waals surface area contributed by atoms with Gasteiger partial charge in [-0.2, -0.15) is 5.26 Å². The summed E-state index contributed by atoms with van der Waals surface area (Å²) < 4.78 is 1.80. The second-order valence-corrected chi connectivity index (χ2v) is 4.07. The van der Waals surface area contributed by atoms with Crippen LogP contribution in [0.25, 0.3) is 5.65 Å². The third-order valence-corrected chi connectivity index (χ3v) is 2.94. The van der Waals surface area contributed by atoms with Crippen LogP contribution in [0, 0.1) is 18.3 Å². The Morgan fingerprint density at radius 3 is 2.87 bits per heavy atom. The molecule has 2 heterocycles. The molecule has 0 spiro atoms. The monoisotopic (exact) mass is 198 g/mol. The number of fused-ring (bicyclic) bond motifs is 1. The number of aromatic nitrogens is 3. The van der Waals surface area contributed by atoms with E-state index in [0.717, 1.165) is 24.2 Å². The van der Waals surface area contributed by atoms with Gasteiger partial charge in [-0.05, 0) is 31.9 Å². The summed E-state index contributed by atoms with van der Waals surface area (Å²) in [5, 5.41) is 13.5. The Morgan fingerprint density at radius 1 is 1.47 bits per heavy atom. The van der Waals surface area contributed by atoms with Crippen molar-refractivity contribution < 1.29 is 0 Å². The van der Waals surface area contributed by atoms with Gasteiger partial charge < -0.3 is 0 Å². The molecular formula is C11H10N4. The molecule has 1 aliphatic rings. The van der Waals surface area contributed by atoms with Crippen molar-refractivity contribution in [1.82, 2.24) is 14.6 Å². The van der Waals surface area contributed by atoms with Crippen LogP contribution in [0.3, 0.4) is 0 Å². The molecule has 4 nitrogen and oxygen atoms in total. The first-order valence-corrected chi connectivity index (χ1v) is 4.99. The fourth-order valence-electron chi connectivity index (χ4n) is 1.75. The molecule has 0 bridgehead atoms. The van der Waals surface area contributed by atoms with Gasteiger partial charge in [-0.15, -0.1) is 5.10 Å². The molecule has 1 aliphatic carbocycles. The van der Waals surface area contributed by atoms with Crippen LogP contribution in [0.15, 0.2) is 18.2 Å². The lowest BCUT2D eigenvalue weighted by atomic mass is 10.1. The third-order valence-electron chi connectivity index (χ3n) is 2.94. The number of aryl methyl sites for hydroxylation is 1. The minimum Gasteiger partial charge on any atom is -0.218 e. The Hall–Kier alpha value is -1.89. The maximum Gasteiger partial charge on any atom is 0.171 e. The van der Waals surface area contributed by atoms with Crippen molar-refractivity contribution in [2.75, 3.05) is 0 Å². The largest absolute Gasteiger partial charge is 0.218 e. The van der Waals surface area contributed by atoms with Gasteiger partial charge in [0.25, 0.3) is 0 Å². The average Bonchev–Trinajstić information content (AvgIpc) is 2.92. The van der Waals surface area contributed by atoms with Crippen molar-refractivity contribution in [3.05, 3.63) is 29.7 Å². The average molecular weight is 198 g/mol. The number of pyridine rings is 1. The van der Waals surface area contributed by atoms with E-state index in [-0.39, 0.29) is 0 Å². The SMILES string of the molecule is Cc1cccc2nc(C3(C#N)CC3)nn12. The van der Waals surface area contributed by atoms with Crippen molar-refractivity contribution in [3.8, 4) is 6.07 Å². The standard InChI is InChI=1S/C11H10N4/c1-8-3-2-4-9-13-10(14-15(8)9)11(7-12)5-6-11/h2-4H,5-6H2,1H3. The van der Waals surface area contributed by atoms with Crippen LogP contribution < -0.4 is 0 Å². The van der Waals surface area contributed by atoms with Gasteiger partial charge in [0.05, 0.1) is 6.07 Å². The summed E-state index contributed by atoms with van der Waals surface area (Å²) in [5.74, 6) is 0.680. The van der Waals surface area contributed by atoms with Crippen molar-refractivity contribution in [3.63, 3.8) is 0 Å². The molecule has 3 rings (SSSR count). The molecule has 1 fully saturated rings. The van der Waals surface area contributed by atoms with Crippen molar-refractivity contribution in [1.29, 1.82) is 5.26 Å². The zero-order chi connectivity index (χ0) is 10.5. The van der Waals surface area contributed by atoms with E-state index in [1.165, 1.54) is 0 Å². The van der Waals surface area contributed by atoms with Gasteiger partial charge in [0, 0.05) is 5.69 Å². The molecular weight excluding hydrogens is 188 g/mol. The normalized spacial score (nSPS) is 17.6. The molecule has 0 unspecified atom stereocenters. The maximum absolute atomic E-state index is 9.07. The summed E-state index contributed by atoms with van der Waals surface area (Å²) in [6, 6.07) is 8.16. The van der Waals surface area contributed by atoms with Gasteiger partial charge >= 0.3 is 0 Å². The van der Waals surface area contributed by atoms with Crippen LogP contribution in [0.4, 0.5) is 0 Å². The maximum atomic E-state index is 9.07. The molecule has 0 N–H and O–H groups in total. The predicted octanol–water partition coefficient (Wildman–Crippen LogP) is 1.59. The summed E-state index contributed by atoms with van der Waals surface area (Å²) in [4.78, 5) is 4.41. The van der Waals surface area contributed by atoms with Crippen molar-refractivity contribution in [2.24, 2.45) is 0 Å². The number of hydrogen-bond acceptors (Lipinski definition) is 3. The highest BCUT2D eigenvalue weighted by Gasteiger charge is 2.48. The molecule has 74 valence electrons. The highest BCUT2D eigenvalue weighted by Crippen LogP contribution is 2.45. The molecule has 2 aromatic rings. The second-order valence-electron chi connectivity index (χ2n) is 4.07. The van der Waals surface area contributed by atoms with Gasteiger partial charge in [-0.3, -0.25) is 0 Å². The van der Waals surface area contributed by atoms with Gasteiger partial charge in [0.1, 0.15) is 5.41 Å².